The third-order valence-electron chi connectivity index (χ3n) is 6.43. The molecule has 5 rings (SSSR count). The molecular formula is C23H29F2N7O2S. The zero-order valence-corrected chi connectivity index (χ0v) is 20.4. The molecule has 0 saturated carbocycles. The number of morpholine rings is 1. The molecule has 9 nitrogen and oxygen atoms in total. The number of nitrogen functional groups attached to an aromatic ring is 1. The van der Waals surface area contributed by atoms with Crippen molar-refractivity contribution in [3.8, 4) is 0 Å². The molecule has 2 aromatic rings. The van der Waals surface area contributed by atoms with E-state index in [0.717, 1.165) is 10.7 Å². The summed E-state index contributed by atoms with van der Waals surface area (Å²) in [5, 5.41) is 0.934. The van der Waals surface area contributed by atoms with Crippen molar-refractivity contribution in [1.82, 2.24) is 24.4 Å². The van der Waals surface area contributed by atoms with Gasteiger partial charge < -0.3 is 25.2 Å². The first-order valence-electron chi connectivity index (χ1n) is 11.8. The van der Waals surface area contributed by atoms with Gasteiger partial charge in [-0.25, -0.2) is 22.9 Å². The Kier molecular flexibility index (Phi) is 6.74. The number of anilines is 1. The molecule has 2 N–H and O–H groups in total. The first-order valence-corrected chi connectivity index (χ1v) is 12.5. The van der Waals surface area contributed by atoms with Crippen molar-refractivity contribution in [3.05, 3.63) is 47.0 Å². The summed E-state index contributed by atoms with van der Waals surface area (Å²) in [4.78, 5) is 22.6. The lowest BCUT2D eigenvalue weighted by Crippen LogP contribution is -2.48. The van der Waals surface area contributed by atoms with E-state index in [1.54, 1.807) is 22.6 Å². The summed E-state index contributed by atoms with van der Waals surface area (Å²) in [6.45, 7) is 7.13. The van der Waals surface area contributed by atoms with Gasteiger partial charge in [-0.3, -0.25) is 4.79 Å². The lowest BCUT2D eigenvalue weighted by Gasteiger charge is -2.40. The van der Waals surface area contributed by atoms with Gasteiger partial charge in [0.1, 0.15) is 5.52 Å². The van der Waals surface area contributed by atoms with Gasteiger partial charge in [-0.1, -0.05) is 13.0 Å². The molecule has 2 saturated heterocycles. The van der Waals surface area contributed by atoms with E-state index in [9.17, 15) is 13.6 Å². The van der Waals surface area contributed by atoms with E-state index in [0.29, 0.717) is 75.6 Å². The Bertz CT molecular complexity index is 1150. The normalized spacial score (nSPS) is 19.4. The number of ether oxygens (including phenoxy) is 1. The summed E-state index contributed by atoms with van der Waals surface area (Å²) in [7, 11) is 0. The van der Waals surface area contributed by atoms with Crippen LogP contribution >= 0.6 is 11.9 Å². The van der Waals surface area contributed by atoms with Crippen LogP contribution in [0, 0.1) is 0 Å². The molecule has 1 aromatic carbocycles. The van der Waals surface area contributed by atoms with Gasteiger partial charge in [-0.2, -0.15) is 0 Å². The maximum Gasteiger partial charge on any atom is 0.297 e. The molecule has 188 valence electrons. The van der Waals surface area contributed by atoms with Crippen molar-refractivity contribution in [3.63, 3.8) is 0 Å². The lowest BCUT2D eigenvalue weighted by molar-refractivity contribution is -0.132. The maximum atomic E-state index is 14.1. The lowest BCUT2D eigenvalue weighted by atomic mass is 10.2. The SMILES string of the molecule is CCC(=O)N1CCN(C2=CC(N3CCOCC3)=CN(n3c(C(F)F)nc4c(N)cccc43)S2)CC1. The molecule has 0 aliphatic carbocycles. The van der Waals surface area contributed by atoms with Crippen molar-refractivity contribution in [1.29, 1.82) is 0 Å². The highest BCUT2D eigenvalue weighted by Gasteiger charge is 2.30. The molecule has 0 radical (unpaired) electrons. The molecule has 12 heteroatoms. The Morgan fingerprint density at radius 3 is 2.57 bits per heavy atom. The first-order chi connectivity index (χ1) is 17.0. The number of piperazine rings is 1. The van der Waals surface area contributed by atoms with E-state index in [-0.39, 0.29) is 11.7 Å². The summed E-state index contributed by atoms with van der Waals surface area (Å²) in [5.74, 6) is -0.211. The average Bonchev–Trinajstić information content (AvgIpc) is 3.30. The molecule has 0 bridgehead atoms. The van der Waals surface area contributed by atoms with E-state index in [2.05, 4.69) is 20.9 Å². The number of hydrogen-bond acceptors (Lipinski definition) is 8. The summed E-state index contributed by atoms with van der Waals surface area (Å²) in [5.41, 5.74) is 8.22. The van der Waals surface area contributed by atoms with Gasteiger partial charge in [0.2, 0.25) is 5.91 Å². The van der Waals surface area contributed by atoms with E-state index >= 15 is 0 Å². The molecular weight excluding hydrogens is 476 g/mol. The second-order valence-corrected chi connectivity index (χ2v) is 9.52. The number of hydrogen-bond donors (Lipinski definition) is 1. The number of allylic oxidation sites excluding steroid dienone is 1. The minimum absolute atomic E-state index is 0.148. The van der Waals surface area contributed by atoms with Gasteiger partial charge in [0, 0.05) is 57.6 Å². The Morgan fingerprint density at radius 2 is 1.89 bits per heavy atom. The van der Waals surface area contributed by atoms with Crippen LogP contribution in [0.1, 0.15) is 25.6 Å². The third-order valence-corrected chi connectivity index (χ3v) is 7.45. The number of alkyl halides is 2. The highest BCUT2D eigenvalue weighted by Crippen LogP contribution is 2.36. The highest BCUT2D eigenvalue weighted by molar-refractivity contribution is 8.04. The maximum absolute atomic E-state index is 14.1. The topological polar surface area (TPSA) is 83.1 Å². The van der Waals surface area contributed by atoms with Crippen molar-refractivity contribution in [2.75, 3.05) is 62.6 Å². The molecule has 0 unspecified atom stereocenters. The number of amides is 1. The number of carbonyl (C=O) groups excluding carboxylic acids is 1. The predicted octanol–water partition coefficient (Wildman–Crippen LogP) is 2.73. The van der Waals surface area contributed by atoms with Gasteiger partial charge >= 0.3 is 0 Å². The Morgan fingerprint density at radius 1 is 1.14 bits per heavy atom. The Balaban J connectivity index is 1.51. The second-order valence-electron chi connectivity index (χ2n) is 8.55. The van der Waals surface area contributed by atoms with E-state index < -0.39 is 6.43 Å². The van der Waals surface area contributed by atoms with Crippen LogP contribution in [0.5, 0.6) is 0 Å². The van der Waals surface area contributed by atoms with Crippen LogP contribution in [0.3, 0.4) is 0 Å². The largest absolute Gasteiger partial charge is 0.397 e. The van der Waals surface area contributed by atoms with E-state index in [4.69, 9.17) is 10.5 Å². The van der Waals surface area contributed by atoms with E-state index in [1.165, 1.54) is 16.6 Å². The van der Waals surface area contributed by atoms with Crippen molar-refractivity contribution in [2.45, 2.75) is 19.8 Å². The number of nitrogens with two attached hydrogens (primary N) is 1. The average molecular weight is 506 g/mol. The number of nitrogens with zero attached hydrogens (tertiary/aromatic N) is 6. The minimum atomic E-state index is -2.78. The molecule has 35 heavy (non-hydrogen) atoms. The standard InChI is InChI=1S/C23H29F2N7O2S/c1-2-19(33)29-6-8-30(9-7-29)20-14-16(28-10-12-34-13-11-28)15-31(35-20)32-18-5-3-4-17(26)21(18)27-23(32)22(24)25/h3-5,14-15,22H,2,6-13,26H2,1H3. The zero-order valence-electron chi connectivity index (χ0n) is 19.6. The van der Waals surface area contributed by atoms with Crippen LogP contribution in [0.15, 0.2) is 41.2 Å². The summed E-state index contributed by atoms with van der Waals surface area (Å²) in [6.07, 6.45) is 1.68. The van der Waals surface area contributed by atoms with Gasteiger partial charge in [0.05, 0.1) is 41.3 Å². The van der Waals surface area contributed by atoms with Crippen molar-refractivity contribution >= 4 is 34.6 Å². The number of aromatic nitrogens is 2. The van der Waals surface area contributed by atoms with Crippen LogP contribution in [0.2, 0.25) is 0 Å². The number of halogens is 2. The van der Waals surface area contributed by atoms with E-state index in [1.807, 2.05) is 18.0 Å². The number of benzene rings is 1. The van der Waals surface area contributed by atoms with Gasteiger partial charge in [0.25, 0.3) is 6.43 Å². The molecule has 0 atom stereocenters. The zero-order chi connectivity index (χ0) is 24.5. The van der Waals surface area contributed by atoms with Crippen LogP contribution in [-0.4, -0.2) is 82.7 Å². The predicted molar refractivity (Wildman–Crippen MR) is 132 cm³/mol. The van der Waals surface area contributed by atoms with Gasteiger partial charge in [0.15, 0.2) is 5.82 Å². The quantitative estimate of drug-likeness (QED) is 0.491. The fourth-order valence-corrected chi connectivity index (χ4v) is 5.62. The first kappa shape index (κ1) is 23.7. The molecule has 3 aliphatic rings. The molecule has 2 fully saturated rings. The molecule has 0 spiro atoms. The highest BCUT2D eigenvalue weighted by atomic mass is 32.2. The minimum Gasteiger partial charge on any atom is -0.397 e. The van der Waals surface area contributed by atoms with Gasteiger partial charge in [-0.15, -0.1) is 0 Å². The fourth-order valence-electron chi connectivity index (χ4n) is 4.54. The van der Waals surface area contributed by atoms with Crippen LogP contribution < -0.4 is 10.1 Å². The number of para-hydroxylation sites is 1. The number of imidazole rings is 1. The Labute approximate surface area is 206 Å². The summed E-state index contributed by atoms with van der Waals surface area (Å²) >= 11 is 1.36. The molecule has 1 aromatic heterocycles. The second kappa shape index (κ2) is 9.94. The Hall–Kier alpha value is -2.99. The number of carbonyl (C=O) groups is 1. The summed E-state index contributed by atoms with van der Waals surface area (Å²) < 4.78 is 37.0. The smallest absolute Gasteiger partial charge is 0.297 e. The molecule has 4 heterocycles. The van der Waals surface area contributed by atoms with Crippen molar-refractivity contribution in [2.24, 2.45) is 0 Å². The van der Waals surface area contributed by atoms with Crippen LogP contribution in [0.25, 0.3) is 11.0 Å². The third kappa shape index (κ3) is 4.64. The molecule has 3 aliphatic heterocycles. The number of fused-ring (bicyclic) bond motifs is 1. The number of rotatable bonds is 5. The summed E-state index contributed by atoms with van der Waals surface area (Å²) in [6, 6.07) is 5.16. The van der Waals surface area contributed by atoms with Crippen molar-refractivity contribution < 1.29 is 18.3 Å². The van der Waals surface area contributed by atoms with Gasteiger partial charge in [-0.05, 0) is 18.2 Å². The van der Waals surface area contributed by atoms with Crippen LogP contribution in [-0.2, 0) is 9.53 Å². The van der Waals surface area contributed by atoms with Crippen LogP contribution in [0.4, 0.5) is 14.5 Å². The fraction of sp³-hybridized carbons (Fsp3) is 0.478. The molecule has 1 amide bonds. The monoisotopic (exact) mass is 505 g/mol.